The van der Waals surface area contributed by atoms with Gasteiger partial charge >= 0.3 is 5.97 Å². The number of amides is 1. The smallest absolute Gasteiger partial charge is 0.303 e. The van der Waals surface area contributed by atoms with Crippen LogP contribution >= 0.6 is 0 Å². The van der Waals surface area contributed by atoms with Crippen LogP contribution in [0.4, 0.5) is 11.4 Å². The molecule has 26 heavy (non-hydrogen) atoms. The average molecular weight is 351 g/mol. The molecule has 2 aromatic rings. The molecule has 0 aromatic heterocycles. The summed E-state index contributed by atoms with van der Waals surface area (Å²) in [6.07, 6.45) is 1.46. The highest BCUT2D eigenvalue weighted by Crippen LogP contribution is 2.20. The van der Waals surface area contributed by atoms with Crippen molar-refractivity contribution in [2.24, 2.45) is 5.10 Å². The van der Waals surface area contributed by atoms with Gasteiger partial charge < -0.3 is 10.4 Å². The van der Waals surface area contributed by atoms with Crippen LogP contribution in [0.1, 0.15) is 35.7 Å². The van der Waals surface area contributed by atoms with E-state index in [4.69, 9.17) is 5.11 Å². The maximum atomic E-state index is 12.4. The molecule has 1 aliphatic heterocycles. The van der Waals surface area contributed by atoms with Crippen LogP contribution in [0.25, 0.3) is 0 Å². The Bertz CT molecular complexity index is 844. The van der Waals surface area contributed by atoms with Gasteiger partial charge in [-0.25, -0.2) is 0 Å². The van der Waals surface area contributed by atoms with Gasteiger partial charge in [0.2, 0.25) is 0 Å². The summed E-state index contributed by atoms with van der Waals surface area (Å²) in [5, 5.41) is 18.0. The van der Waals surface area contributed by atoms with Gasteiger partial charge in [0.05, 0.1) is 5.69 Å². The molecule has 3 rings (SSSR count). The molecule has 0 aliphatic carbocycles. The first kappa shape index (κ1) is 17.7. The molecule has 0 atom stereocenters. The summed E-state index contributed by atoms with van der Waals surface area (Å²) in [4.78, 5) is 23.1. The zero-order chi connectivity index (χ0) is 18.5. The molecule has 2 aromatic carbocycles. The molecule has 6 nitrogen and oxygen atoms in total. The van der Waals surface area contributed by atoms with Crippen molar-refractivity contribution in [2.45, 2.75) is 26.2 Å². The molecular weight excluding hydrogens is 330 g/mol. The van der Waals surface area contributed by atoms with Crippen LogP contribution in [-0.4, -0.2) is 29.2 Å². The van der Waals surface area contributed by atoms with Crippen LogP contribution in [0, 0.1) is 0 Å². The van der Waals surface area contributed by atoms with E-state index in [1.54, 1.807) is 24.3 Å². The predicted octanol–water partition coefficient (Wildman–Crippen LogP) is 3.54. The van der Waals surface area contributed by atoms with Crippen molar-refractivity contribution in [1.29, 1.82) is 0 Å². The Hall–Kier alpha value is -3.15. The molecule has 0 saturated carbocycles. The number of carbonyl (C=O) groups excluding carboxylic acids is 1. The fourth-order valence-electron chi connectivity index (χ4n) is 2.80. The number of nitrogens with zero attached hydrogens (tertiary/aromatic N) is 2. The third-order valence-corrected chi connectivity index (χ3v) is 4.22. The topological polar surface area (TPSA) is 82.0 Å². The Morgan fingerprint density at radius 1 is 1.19 bits per heavy atom. The zero-order valence-corrected chi connectivity index (χ0v) is 14.6. The monoisotopic (exact) mass is 351 g/mol. The lowest BCUT2D eigenvalue weighted by molar-refractivity contribution is -0.136. The number of aliphatic carboxylic acids is 1. The van der Waals surface area contributed by atoms with E-state index in [0.717, 1.165) is 29.9 Å². The van der Waals surface area contributed by atoms with Crippen LogP contribution in [-0.2, 0) is 11.2 Å². The Morgan fingerprint density at radius 3 is 2.62 bits per heavy atom. The van der Waals surface area contributed by atoms with Gasteiger partial charge in [-0.05, 0) is 55.3 Å². The van der Waals surface area contributed by atoms with E-state index < -0.39 is 5.97 Å². The second kappa shape index (κ2) is 7.82. The van der Waals surface area contributed by atoms with Gasteiger partial charge in [0, 0.05) is 36.3 Å². The van der Waals surface area contributed by atoms with E-state index in [1.807, 2.05) is 36.2 Å². The van der Waals surface area contributed by atoms with Crippen LogP contribution in [0.15, 0.2) is 53.6 Å². The lowest BCUT2D eigenvalue weighted by atomic mass is 10.1. The number of carboxylic acid groups (broad SMARTS) is 1. The predicted molar refractivity (Wildman–Crippen MR) is 102 cm³/mol. The molecule has 1 heterocycles. The molecule has 0 radical (unpaired) electrons. The van der Waals surface area contributed by atoms with Gasteiger partial charge in [-0.1, -0.05) is 12.1 Å². The lowest BCUT2D eigenvalue weighted by Gasteiger charge is -2.14. The Labute approximate surface area is 152 Å². The molecule has 2 N–H and O–H groups in total. The SMILES string of the molecule is CC1=NN(c2ccc(C(=O)Nc3cccc(CCC(=O)O)c3)cc2)CC1. The number of rotatable bonds is 6. The fraction of sp³-hybridized carbons (Fsp3) is 0.250. The fourth-order valence-corrected chi connectivity index (χ4v) is 2.80. The van der Waals surface area contributed by atoms with Gasteiger partial charge in [-0.15, -0.1) is 0 Å². The van der Waals surface area contributed by atoms with Crippen molar-refractivity contribution < 1.29 is 14.7 Å². The quantitative estimate of drug-likeness (QED) is 0.834. The summed E-state index contributed by atoms with van der Waals surface area (Å²) < 4.78 is 0. The summed E-state index contributed by atoms with van der Waals surface area (Å²) >= 11 is 0. The maximum Gasteiger partial charge on any atom is 0.303 e. The second-order valence-electron chi connectivity index (χ2n) is 6.30. The number of anilines is 2. The molecule has 0 unspecified atom stereocenters. The van der Waals surface area contributed by atoms with E-state index in [0.29, 0.717) is 17.7 Å². The first-order valence-electron chi connectivity index (χ1n) is 8.55. The number of benzene rings is 2. The third kappa shape index (κ3) is 4.47. The molecule has 0 fully saturated rings. The summed E-state index contributed by atoms with van der Waals surface area (Å²) in [6, 6.07) is 14.6. The number of hydrazone groups is 1. The molecular formula is C20H21N3O3. The number of nitrogens with one attached hydrogen (secondary N) is 1. The van der Waals surface area contributed by atoms with E-state index in [-0.39, 0.29) is 12.3 Å². The molecule has 6 heteroatoms. The van der Waals surface area contributed by atoms with E-state index in [1.165, 1.54) is 0 Å². The largest absolute Gasteiger partial charge is 0.481 e. The van der Waals surface area contributed by atoms with Gasteiger partial charge in [0.1, 0.15) is 0 Å². The number of aryl methyl sites for hydroxylation is 1. The third-order valence-electron chi connectivity index (χ3n) is 4.22. The molecule has 134 valence electrons. The van der Waals surface area contributed by atoms with Crippen molar-refractivity contribution in [3.63, 3.8) is 0 Å². The minimum Gasteiger partial charge on any atom is -0.481 e. The van der Waals surface area contributed by atoms with Crippen molar-refractivity contribution in [2.75, 3.05) is 16.9 Å². The average Bonchev–Trinajstić information content (AvgIpc) is 3.07. The van der Waals surface area contributed by atoms with Crippen molar-refractivity contribution in [3.8, 4) is 0 Å². The van der Waals surface area contributed by atoms with Crippen molar-refractivity contribution >= 4 is 29.0 Å². The first-order chi connectivity index (χ1) is 12.5. The highest BCUT2D eigenvalue weighted by Gasteiger charge is 2.13. The van der Waals surface area contributed by atoms with Crippen LogP contribution in [0.3, 0.4) is 0 Å². The summed E-state index contributed by atoms with van der Waals surface area (Å²) in [5.41, 5.74) is 4.16. The normalized spacial score (nSPS) is 13.4. The zero-order valence-electron chi connectivity index (χ0n) is 14.6. The second-order valence-corrected chi connectivity index (χ2v) is 6.30. The number of hydrogen-bond donors (Lipinski definition) is 2. The molecule has 0 saturated heterocycles. The van der Waals surface area contributed by atoms with Gasteiger partial charge in [0.15, 0.2) is 0 Å². The van der Waals surface area contributed by atoms with Gasteiger partial charge in [0.25, 0.3) is 5.91 Å². The van der Waals surface area contributed by atoms with Gasteiger partial charge in [-0.2, -0.15) is 5.10 Å². The molecule has 1 amide bonds. The molecule has 1 aliphatic rings. The van der Waals surface area contributed by atoms with Crippen LogP contribution < -0.4 is 10.3 Å². The summed E-state index contributed by atoms with van der Waals surface area (Å²) in [5.74, 6) is -1.04. The Kier molecular flexibility index (Phi) is 5.31. The summed E-state index contributed by atoms with van der Waals surface area (Å²) in [7, 11) is 0. The minimum absolute atomic E-state index is 0.0668. The van der Waals surface area contributed by atoms with Crippen LogP contribution in [0.2, 0.25) is 0 Å². The summed E-state index contributed by atoms with van der Waals surface area (Å²) in [6.45, 7) is 2.87. The molecule has 0 bridgehead atoms. The maximum absolute atomic E-state index is 12.4. The lowest BCUT2D eigenvalue weighted by Crippen LogP contribution is -2.14. The highest BCUT2D eigenvalue weighted by atomic mass is 16.4. The minimum atomic E-state index is -0.836. The number of hydrogen-bond acceptors (Lipinski definition) is 4. The van der Waals surface area contributed by atoms with E-state index in [2.05, 4.69) is 10.4 Å². The molecule has 0 spiro atoms. The Morgan fingerprint density at radius 2 is 1.96 bits per heavy atom. The standard InChI is InChI=1S/C20H21N3O3/c1-14-11-12-23(22-14)18-8-6-16(7-9-18)20(26)21-17-4-2-3-15(13-17)5-10-19(24)25/h2-4,6-9,13H,5,10-12H2,1H3,(H,21,26)(H,24,25). The van der Waals surface area contributed by atoms with Crippen LogP contribution in [0.5, 0.6) is 0 Å². The van der Waals surface area contributed by atoms with E-state index >= 15 is 0 Å². The number of carboxylic acids is 1. The number of carbonyl (C=O) groups is 2. The van der Waals surface area contributed by atoms with Crippen molar-refractivity contribution in [1.82, 2.24) is 0 Å². The van der Waals surface area contributed by atoms with E-state index in [9.17, 15) is 9.59 Å². The first-order valence-corrected chi connectivity index (χ1v) is 8.55. The van der Waals surface area contributed by atoms with Crippen molar-refractivity contribution in [3.05, 3.63) is 59.7 Å². The van der Waals surface area contributed by atoms with Gasteiger partial charge in [-0.3, -0.25) is 14.6 Å². The Balaban J connectivity index is 1.64. The highest BCUT2D eigenvalue weighted by molar-refractivity contribution is 6.04.